The molecule has 0 aromatic heterocycles. The maximum absolute atomic E-state index is 13.6. The molecule has 0 aliphatic heterocycles. The van der Waals surface area contributed by atoms with E-state index in [1.165, 1.54) is 0 Å². The van der Waals surface area contributed by atoms with Gasteiger partial charge in [0.15, 0.2) is 0 Å². The van der Waals surface area contributed by atoms with E-state index >= 15 is 0 Å². The highest BCUT2D eigenvalue weighted by Crippen LogP contribution is 2.20. The second-order valence-corrected chi connectivity index (χ2v) is 4.90. The minimum Gasteiger partial charge on any atom is -0.299 e. The summed E-state index contributed by atoms with van der Waals surface area (Å²) in [5.41, 5.74) is 0.681. The summed E-state index contributed by atoms with van der Waals surface area (Å²) in [6.45, 7) is 7.26. The molecule has 0 bridgehead atoms. The fourth-order valence-corrected chi connectivity index (χ4v) is 1.28. The first kappa shape index (κ1) is 11.9. The van der Waals surface area contributed by atoms with Gasteiger partial charge in [-0.1, -0.05) is 39.0 Å². The smallest absolute Gasteiger partial charge is 0.142 e. The van der Waals surface area contributed by atoms with E-state index in [9.17, 15) is 9.18 Å². The zero-order valence-corrected chi connectivity index (χ0v) is 9.73. The van der Waals surface area contributed by atoms with E-state index in [1.54, 1.807) is 25.1 Å². The Kier molecular flexibility index (Phi) is 3.28. The van der Waals surface area contributed by atoms with Crippen molar-refractivity contribution in [3.8, 4) is 0 Å². The summed E-state index contributed by atoms with van der Waals surface area (Å²) in [7, 11) is 0. The lowest BCUT2D eigenvalue weighted by atomic mass is 9.87. The molecule has 0 saturated heterocycles. The molecule has 0 aliphatic rings. The molecule has 0 unspecified atom stereocenters. The molecule has 0 saturated carbocycles. The summed E-state index contributed by atoms with van der Waals surface area (Å²) in [4.78, 5) is 11.7. The molecular weight excluding hydrogens is 191 g/mol. The van der Waals surface area contributed by atoms with Crippen molar-refractivity contribution in [3.63, 3.8) is 0 Å². The van der Waals surface area contributed by atoms with E-state index in [1.807, 2.05) is 20.8 Å². The lowest BCUT2D eigenvalue weighted by Crippen LogP contribution is -2.22. The van der Waals surface area contributed by atoms with Crippen molar-refractivity contribution >= 4 is 5.78 Å². The molecule has 0 radical (unpaired) electrons. The van der Waals surface area contributed by atoms with E-state index in [0.717, 1.165) is 0 Å². The minimum atomic E-state index is -0.407. The van der Waals surface area contributed by atoms with Crippen molar-refractivity contribution in [1.29, 1.82) is 0 Å². The van der Waals surface area contributed by atoms with Gasteiger partial charge in [-0.05, 0) is 18.1 Å². The highest BCUT2D eigenvalue weighted by atomic mass is 19.1. The fourth-order valence-electron chi connectivity index (χ4n) is 1.28. The van der Waals surface area contributed by atoms with Crippen LogP contribution in [0.15, 0.2) is 18.2 Å². The van der Waals surface area contributed by atoms with Gasteiger partial charge in [0.2, 0.25) is 0 Å². The first-order valence-corrected chi connectivity index (χ1v) is 5.09. The Balaban J connectivity index is 2.91. The molecule has 0 N–H and O–H groups in total. The maximum atomic E-state index is 13.6. The van der Waals surface area contributed by atoms with Crippen LogP contribution in [0.2, 0.25) is 0 Å². The highest BCUT2D eigenvalue weighted by Gasteiger charge is 2.22. The van der Waals surface area contributed by atoms with E-state index in [0.29, 0.717) is 11.1 Å². The Morgan fingerprint density at radius 3 is 2.47 bits per heavy atom. The number of carbonyl (C=O) groups is 1. The van der Waals surface area contributed by atoms with Gasteiger partial charge >= 0.3 is 0 Å². The van der Waals surface area contributed by atoms with Gasteiger partial charge in [0.25, 0.3) is 0 Å². The van der Waals surface area contributed by atoms with Crippen LogP contribution in [0.25, 0.3) is 0 Å². The third-order valence-corrected chi connectivity index (χ3v) is 2.46. The lowest BCUT2D eigenvalue weighted by Gasteiger charge is -2.16. The number of Topliss-reactive ketones (excluding diaryl/α,β-unsaturated/α-hetero) is 1. The van der Waals surface area contributed by atoms with E-state index in [2.05, 4.69) is 0 Å². The van der Waals surface area contributed by atoms with Crippen molar-refractivity contribution in [3.05, 3.63) is 35.1 Å². The normalized spacial score (nSPS) is 11.5. The Bertz CT molecular complexity index is 375. The maximum Gasteiger partial charge on any atom is 0.142 e. The molecular formula is C13H17FO. The number of hydrogen-bond donors (Lipinski definition) is 0. The van der Waals surface area contributed by atoms with Crippen LogP contribution in [-0.2, 0) is 11.2 Å². The molecule has 0 spiro atoms. The average molecular weight is 208 g/mol. The second kappa shape index (κ2) is 4.13. The number of ketones is 1. The molecule has 0 fully saturated rings. The van der Waals surface area contributed by atoms with Gasteiger partial charge in [-0.15, -0.1) is 0 Å². The summed E-state index contributed by atoms with van der Waals surface area (Å²) >= 11 is 0. The molecule has 2 heteroatoms. The summed E-state index contributed by atoms with van der Waals surface area (Å²) in [6, 6.07) is 5.16. The molecule has 1 aromatic carbocycles. The van der Waals surface area contributed by atoms with Crippen LogP contribution in [-0.4, -0.2) is 5.78 Å². The molecule has 0 atom stereocenters. The van der Waals surface area contributed by atoms with Crippen LogP contribution < -0.4 is 0 Å². The fraction of sp³-hybridized carbons (Fsp3) is 0.462. The zero-order valence-electron chi connectivity index (χ0n) is 9.73. The van der Waals surface area contributed by atoms with Crippen LogP contribution in [0.3, 0.4) is 0 Å². The van der Waals surface area contributed by atoms with Crippen LogP contribution in [0.4, 0.5) is 4.39 Å². The second-order valence-electron chi connectivity index (χ2n) is 4.90. The number of rotatable bonds is 2. The molecule has 1 nitrogen and oxygen atoms in total. The van der Waals surface area contributed by atoms with Gasteiger partial charge in [0.1, 0.15) is 11.6 Å². The first-order valence-electron chi connectivity index (χ1n) is 5.09. The van der Waals surface area contributed by atoms with Gasteiger partial charge in [0.05, 0.1) is 0 Å². The van der Waals surface area contributed by atoms with Crippen LogP contribution >= 0.6 is 0 Å². The Labute approximate surface area is 90.3 Å². The topological polar surface area (TPSA) is 17.1 Å². The van der Waals surface area contributed by atoms with Crippen molar-refractivity contribution in [2.75, 3.05) is 0 Å². The van der Waals surface area contributed by atoms with E-state index < -0.39 is 5.41 Å². The van der Waals surface area contributed by atoms with Crippen molar-refractivity contribution in [2.24, 2.45) is 5.41 Å². The van der Waals surface area contributed by atoms with Gasteiger partial charge in [-0.2, -0.15) is 0 Å². The molecule has 1 aromatic rings. The van der Waals surface area contributed by atoms with Crippen molar-refractivity contribution in [1.82, 2.24) is 0 Å². The molecule has 0 amide bonds. The quantitative estimate of drug-likeness (QED) is 0.728. The van der Waals surface area contributed by atoms with Crippen LogP contribution in [0.5, 0.6) is 0 Å². The number of hydrogen-bond acceptors (Lipinski definition) is 1. The summed E-state index contributed by atoms with van der Waals surface area (Å²) < 4.78 is 13.6. The number of halogens is 1. The highest BCUT2D eigenvalue weighted by molar-refractivity contribution is 5.85. The predicted octanol–water partition coefficient (Wildman–Crippen LogP) is 3.29. The Hall–Kier alpha value is -1.18. The van der Waals surface area contributed by atoms with Crippen LogP contribution in [0, 0.1) is 18.2 Å². The molecule has 0 heterocycles. The van der Waals surface area contributed by atoms with E-state index in [4.69, 9.17) is 0 Å². The SMILES string of the molecule is Cc1cccc(CC(=O)C(C)(C)C)c1F. The van der Waals surface area contributed by atoms with Crippen molar-refractivity contribution < 1.29 is 9.18 Å². The Morgan fingerprint density at radius 2 is 1.93 bits per heavy atom. The number of carbonyl (C=O) groups excluding carboxylic acids is 1. The first-order chi connectivity index (χ1) is 6.82. The predicted molar refractivity (Wildman–Crippen MR) is 59.3 cm³/mol. The average Bonchev–Trinajstić information content (AvgIpc) is 2.11. The minimum absolute atomic E-state index is 0.0620. The summed E-state index contributed by atoms with van der Waals surface area (Å²) in [6.07, 6.45) is 0.178. The molecule has 15 heavy (non-hydrogen) atoms. The number of benzene rings is 1. The van der Waals surface area contributed by atoms with E-state index in [-0.39, 0.29) is 18.0 Å². The summed E-state index contributed by atoms with van der Waals surface area (Å²) in [5.74, 6) is -0.192. The van der Waals surface area contributed by atoms with Gasteiger partial charge < -0.3 is 0 Å². The zero-order chi connectivity index (χ0) is 11.6. The number of aryl methyl sites for hydroxylation is 1. The summed E-state index contributed by atoms with van der Waals surface area (Å²) in [5, 5.41) is 0. The molecule has 82 valence electrons. The van der Waals surface area contributed by atoms with Crippen molar-refractivity contribution in [2.45, 2.75) is 34.1 Å². The third-order valence-electron chi connectivity index (χ3n) is 2.46. The standard InChI is InChI=1S/C13H17FO/c1-9-6-5-7-10(12(9)14)8-11(15)13(2,3)4/h5-7H,8H2,1-4H3. The van der Waals surface area contributed by atoms with Gasteiger partial charge in [-0.25, -0.2) is 4.39 Å². The van der Waals surface area contributed by atoms with Crippen LogP contribution in [0.1, 0.15) is 31.9 Å². The Morgan fingerprint density at radius 1 is 1.33 bits per heavy atom. The third kappa shape index (κ3) is 2.88. The lowest BCUT2D eigenvalue weighted by molar-refractivity contribution is -0.125. The molecule has 1 rings (SSSR count). The molecule has 0 aliphatic carbocycles. The van der Waals surface area contributed by atoms with Gasteiger partial charge in [-0.3, -0.25) is 4.79 Å². The van der Waals surface area contributed by atoms with Gasteiger partial charge in [0, 0.05) is 11.8 Å². The largest absolute Gasteiger partial charge is 0.299 e. The monoisotopic (exact) mass is 208 g/mol.